The van der Waals surface area contributed by atoms with Crippen LogP contribution in [-0.4, -0.2) is 7.69 Å². The van der Waals surface area contributed by atoms with Gasteiger partial charge in [0.25, 0.3) is 0 Å². The van der Waals surface area contributed by atoms with Crippen molar-refractivity contribution < 1.29 is 18.1 Å². The monoisotopic (exact) mass is 285 g/mol. The fourth-order valence-corrected chi connectivity index (χ4v) is 1.48. The molecular formula is C16H12BF2O2. The summed E-state index contributed by atoms with van der Waals surface area (Å²) in [6, 6.07) is 12.0. The van der Waals surface area contributed by atoms with E-state index in [0.717, 1.165) is 18.8 Å². The average molecular weight is 285 g/mol. The van der Waals surface area contributed by atoms with Crippen molar-refractivity contribution in [2.24, 2.45) is 0 Å². The topological polar surface area (TPSA) is 18.5 Å². The lowest BCUT2D eigenvalue weighted by molar-refractivity contribution is 0.380. The molecule has 0 aliphatic heterocycles. The van der Waals surface area contributed by atoms with Crippen LogP contribution in [0.2, 0.25) is 0 Å². The van der Waals surface area contributed by atoms with E-state index in [4.69, 9.17) is 9.31 Å². The van der Waals surface area contributed by atoms with E-state index in [-0.39, 0.29) is 11.6 Å². The SMILES string of the molecule is Fc1ccc(C=CO[B]OC=Cc2ccc(F)cc2)cc1. The van der Waals surface area contributed by atoms with Crippen LogP contribution in [0.1, 0.15) is 11.1 Å². The molecule has 1 radical (unpaired) electrons. The number of hydrogen-bond acceptors (Lipinski definition) is 2. The zero-order chi connectivity index (χ0) is 14.9. The molecule has 0 amide bonds. The van der Waals surface area contributed by atoms with Gasteiger partial charge in [-0.15, -0.1) is 0 Å². The Morgan fingerprint density at radius 1 is 0.667 bits per heavy atom. The highest BCUT2D eigenvalue weighted by Crippen LogP contribution is 2.05. The Bertz CT molecular complexity index is 552. The predicted octanol–water partition coefficient (Wildman–Crippen LogP) is 4.17. The van der Waals surface area contributed by atoms with Crippen molar-refractivity contribution in [2.45, 2.75) is 0 Å². The minimum absolute atomic E-state index is 0.283. The van der Waals surface area contributed by atoms with Gasteiger partial charge in [-0.1, -0.05) is 24.3 Å². The fraction of sp³-hybridized carbons (Fsp3) is 0. The number of halogens is 2. The summed E-state index contributed by atoms with van der Waals surface area (Å²) in [5, 5.41) is 0. The molecule has 0 atom stereocenters. The van der Waals surface area contributed by atoms with Crippen LogP contribution < -0.4 is 0 Å². The largest absolute Gasteiger partial charge is 0.657 e. The Balaban J connectivity index is 1.67. The summed E-state index contributed by atoms with van der Waals surface area (Å²) in [6.45, 7) is 0. The summed E-state index contributed by atoms with van der Waals surface area (Å²) in [4.78, 5) is 0. The molecule has 0 saturated carbocycles. The van der Waals surface area contributed by atoms with Gasteiger partial charge >= 0.3 is 7.69 Å². The van der Waals surface area contributed by atoms with E-state index in [0.29, 0.717) is 0 Å². The summed E-state index contributed by atoms with van der Waals surface area (Å²) < 4.78 is 35.3. The predicted molar refractivity (Wildman–Crippen MR) is 78.8 cm³/mol. The van der Waals surface area contributed by atoms with E-state index < -0.39 is 0 Å². The van der Waals surface area contributed by atoms with E-state index >= 15 is 0 Å². The molecule has 0 bridgehead atoms. The second kappa shape index (κ2) is 7.90. The maximum Gasteiger partial charge on any atom is 0.657 e. The third-order valence-electron chi connectivity index (χ3n) is 2.53. The third-order valence-corrected chi connectivity index (χ3v) is 2.53. The summed E-state index contributed by atoms with van der Waals surface area (Å²) >= 11 is 0. The molecule has 105 valence electrons. The van der Waals surface area contributed by atoms with Crippen molar-refractivity contribution in [2.75, 3.05) is 0 Å². The molecule has 2 aromatic carbocycles. The van der Waals surface area contributed by atoms with Gasteiger partial charge < -0.3 is 9.31 Å². The van der Waals surface area contributed by atoms with Gasteiger partial charge in [0.1, 0.15) is 11.6 Å². The Kier molecular flexibility index (Phi) is 5.58. The number of rotatable bonds is 6. The van der Waals surface area contributed by atoms with Crippen LogP contribution in [0.3, 0.4) is 0 Å². The van der Waals surface area contributed by atoms with Gasteiger partial charge in [0, 0.05) is 0 Å². The first kappa shape index (κ1) is 14.8. The van der Waals surface area contributed by atoms with Crippen LogP contribution in [0.15, 0.2) is 61.1 Å². The van der Waals surface area contributed by atoms with Crippen LogP contribution in [-0.2, 0) is 9.31 Å². The van der Waals surface area contributed by atoms with Crippen LogP contribution in [0.25, 0.3) is 12.2 Å². The second-order valence-corrected chi connectivity index (χ2v) is 4.08. The lowest BCUT2D eigenvalue weighted by Crippen LogP contribution is -1.93. The molecule has 2 nitrogen and oxygen atoms in total. The lowest BCUT2D eigenvalue weighted by atomic mass is 10.2. The van der Waals surface area contributed by atoms with Gasteiger partial charge in [0.2, 0.25) is 0 Å². The first-order valence-electron chi connectivity index (χ1n) is 6.21. The van der Waals surface area contributed by atoms with Crippen molar-refractivity contribution in [3.05, 3.63) is 83.8 Å². The maximum absolute atomic E-state index is 12.7. The minimum atomic E-state index is -0.283. The van der Waals surface area contributed by atoms with E-state index in [9.17, 15) is 8.78 Å². The Morgan fingerprint density at radius 2 is 1.05 bits per heavy atom. The minimum Gasteiger partial charge on any atom is -0.532 e. The molecule has 0 aromatic heterocycles. The van der Waals surface area contributed by atoms with Gasteiger partial charge in [-0.2, -0.15) is 0 Å². The van der Waals surface area contributed by atoms with Crippen molar-refractivity contribution in [1.29, 1.82) is 0 Å². The van der Waals surface area contributed by atoms with Gasteiger partial charge in [0.05, 0.1) is 12.5 Å². The Labute approximate surface area is 122 Å². The molecule has 0 saturated heterocycles. The van der Waals surface area contributed by atoms with Crippen molar-refractivity contribution in [3.8, 4) is 0 Å². The maximum atomic E-state index is 12.7. The zero-order valence-electron chi connectivity index (χ0n) is 11.1. The fourth-order valence-electron chi connectivity index (χ4n) is 1.48. The van der Waals surface area contributed by atoms with Crippen LogP contribution in [0.4, 0.5) is 8.78 Å². The Morgan fingerprint density at radius 3 is 1.43 bits per heavy atom. The smallest absolute Gasteiger partial charge is 0.532 e. The molecule has 0 aliphatic carbocycles. The standard InChI is InChI=1S/C16H12BF2O2/c18-15-5-1-13(2-6-15)9-11-20-17-21-12-10-14-3-7-16(19)8-4-14/h1-12H. The van der Waals surface area contributed by atoms with Crippen LogP contribution in [0, 0.1) is 11.6 Å². The molecule has 0 fully saturated rings. The summed E-state index contributed by atoms with van der Waals surface area (Å²) in [5.74, 6) is -0.567. The van der Waals surface area contributed by atoms with E-state index in [1.54, 1.807) is 36.4 Å². The highest BCUT2D eigenvalue weighted by Gasteiger charge is 1.92. The molecular weight excluding hydrogens is 273 g/mol. The summed E-state index contributed by atoms with van der Waals surface area (Å²) in [5.41, 5.74) is 1.62. The third kappa shape index (κ3) is 5.52. The van der Waals surface area contributed by atoms with Crippen molar-refractivity contribution >= 4 is 19.8 Å². The van der Waals surface area contributed by atoms with Crippen molar-refractivity contribution in [3.63, 3.8) is 0 Å². The molecule has 0 aliphatic rings. The van der Waals surface area contributed by atoms with Crippen LogP contribution in [0.5, 0.6) is 0 Å². The zero-order valence-corrected chi connectivity index (χ0v) is 11.1. The quantitative estimate of drug-likeness (QED) is 0.450. The highest BCUT2D eigenvalue weighted by molar-refractivity contribution is 6.18. The summed E-state index contributed by atoms with van der Waals surface area (Å²) in [6.07, 6.45) is 6.17. The first-order chi connectivity index (χ1) is 10.2. The van der Waals surface area contributed by atoms with Crippen molar-refractivity contribution in [1.82, 2.24) is 0 Å². The van der Waals surface area contributed by atoms with E-state index in [1.807, 2.05) is 0 Å². The molecule has 0 spiro atoms. The molecule has 0 N–H and O–H groups in total. The van der Waals surface area contributed by atoms with Crippen LogP contribution >= 0.6 is 0 Å². The highest BCUT2D eigenvalue weighted by atomic mass is 19.1. The molecule has 2 aromatic rings. The van der Waals surface area contributed by atoms with E-state index in [1.165, 1.54) is 36.8 Å². The number of hydrogen-bond donors (Lipinski definition) is 0. The lowest BCUT2D eigenvalue weighted by Gasteiger charge is -1.97. The second-order valence-electron chi connectivity index (χ2n) is 4.08. The Hall–Kier alpha value is -2.56. The van der Waals surface area contributed by atoms with Gasteiger partial charge in [0.15, 0.2) is 0 Å². The summed E-state index contributed by atoms with van der Waals surface area (Å²) in [7, 11) is 1.14. The van der Waals surface area contributed by atoms with E-state index in [2.05, 4.69) is 0 Å². The van der Waals surface area contributed by atoms with Gasteiger partial charge in [-0.3, -0.25) is 0 Å². The molecule has 2 rings (SSSR count). The number of benzene rings is 2. The normalized spacial score (nSPS) is 11.0. The average Bonchev–Trinajstić information content (AvgIpc) is 2.50. The first-order valence-corrected chi connectivity index (χ1v) is 6.21. The molecule has 21 heavy (non-hydrogen) atoms. The molecule has 0 unspecified atom stereocenters. The van der Waals surface area contributed by atoms with Gasteiger partial charge in [-0.05, 0) is 47.5 Å². The van der Waals surface area contributed by atoms with Gasteiger partial charge in [-0.25, -0.2) is 8.78 Å². The molecule has 5 heteroatoms. The molecule has 0 heterocycles.